The Morgan fingerprint density at radius 3 is 3.05 bits per heavy atom. The number of para-hydroxylation sites is 2. The standard InChI is InChI=1S/C14H17N5O/c20-14(11-4-3-7-15-10-11)17-12-5-1-2-6-13(12)19-9-8-16-18-19/h1-2,5-6,8-9,11,15H,3-4,7,10H2,(H,17,20)/t11-/m1/s1. The maximum absolute atomic E-state index is 12.3. The van der Waals surface area contributed by atoms with Crippen molar-refractivity contribution in [3.63, 3.8) is 0 Å². The zero-order chi connectivity index (χ0) is 13.8. The number of benzene rings is 1. The van der Waals surface area contributed by atoms with Crippen LogP contribution >= 0.6 is 0 Å². The number of aromatic nitrogens is 3. The summed E-state index contributed by atoms with van der Waals surface area (Å²) in [6, 6.07) is 7.60. The summed E-state index contributed by atoms with van der Waals surface area (Å²) in [6.45, 7) is 1.75. The molecular weight excluding hydrogens is 254 g/mol. The molecule has 1 atom stereocenters. The van der Waals surface area contributed by atoms with E-state index >= 15 is 0 Å². The van der Waals surface area contributed by atoms with E-state index < -0.39 is 0 Å². The van der Waals surface area contributed by atoms with Crippen LogP contribution in [0.25, 0.3) is 5.69 Å². The van der Waals surface area contributed by atoms with Crippen molar-refractivity contribution < 1.29 is 4.79 Å². The second-order valence-corrected chi connectivity index (χ2v) is 4.90. The van der Waals surface area contributed by atoms with Crippen molar-refractivity contribution in [2.75, 3.05) is 18.4 Å². The predicted octanol–water partition coefficient (Wildman–Crippen LogP) is 1.21. The fourth-order valence-corrected chi connectivity index (χ4v) is 2.43. The average molecular weight is 271 g/mol. The van der Waals surface area contributed by atoms with Crippen LogP contribution in [0, 0.1) is 5.92 Å². The van der Waals surface area contributed by atoms with E-state index in [2.05, 4.69) is 20.9 Å². The minimum Gasteiger partial charge on any atom is -0.324 e. The number of rotatable bonds is 3. The third-order valence-electron chi connectivity index (χ3n) is 3.50. The number of nitrogens with zero attached hydrogens (tertiary/aromatic N) is 3. The summed E-state index contributed by atoms with van der Waals surface area (Å²) in [7, 11) is 0. The van der Waals surface area contributed by atoms with Gasteiger partial charge in [0.05, 0.1) is 29.7 Å². The van der Waals surface area contributed by atoms with Crippen LogP contribution in [0.1, 0.15) is 12.8 Å². The fourth-order valence-electron chi connectivity index (χ4n) is 2.43. The van der Waals surface area contributed by atoms with Gasteiger partial charge in [-0.2, -0.15) is 0 Å². The molecule has 2 heterocycles. The molecule has 104 valence electrons. The number of hydrogen-bond donors (Lipinski definition) is 2. The Balaban J connectivity index is 1.79. The Morgan fingerprint density at radius 2 is 2.30 bits per heavy atom. The van der Waals surface area contributed by atoms with E-state index in [1.807, 2.05) is 24.3 Å². The molecule has 20 heavy (non-hydrogen) atoms. The first-order valence-corrected chi connectivity index (χ1v) is 6.82. The van der Waals surface area contributed by atoms with Gasteiger partial charge < -0.3 is 10.6 Å². The Hall–Kier alpha value is -2.21. The molecule has 1 aliphatic rings. The van der Waals surface area contributed by atoms with Crippen molar-refractivity contribution >= 4 is 11.6 Å². The van der Waals surface area contributed by atoms with Crippen LogP contribution in [-0.2, 0) is 4.79 Å². The van der Waals surface area contributed by atoms with Gasteiger partial charge >= 0.3 is 0 Å². The van der Waals surface area contributed by atoms with Crippen LogP contribution in [0.3, 0.4) is 0 Å². The molecule has 1 saturated heterocycles. The van der Waals surface area contributed by atoms with E-state index in [-0.39, 0.29) is 11.8 Å². The molecule has 1 fully saturated rings. The summed E-state index contributed by atoms with van der Waals surface area (Å²) < 4.78 is 1.65. The first-order valence-electron chi connectivity index (χ1n) is 6.82. The maximum Gasteiger partial charge on any atom is 0.228 e. The molecule has 0 saturated carbocycles. The summed E-state index contributed by atoms with van der Waals surface area (Å²) in [4.78, 5) is 12.3. The monoisotopic (exact) mass is 271 g/mol. The summed E-state index contributed by atoms with van der Waals surface area (Å²) >= 11 is 0. The van der Waals surface area contributed by atoms with Gasteiger partial charge in [-0.25, -0.2) is 4.68 Å². The van der Waals surface area contributed by atoms with Gasteiger partial charge in [-0.15, -0.1) is 5.10 Å². The lowest BCUT2D eigenvalue weighted by atomic mass is 9.99. The van der Waals surface area contributed by atoms with Gasteiger partial charge in [-0.1, -0.05) is 17.3 Å². The Labute approximate surface area is 117 Å². The summed E-state index contributed by atoms with van der Waals surface area (Å²) in [6.07, 6.45) is 5.35. The largest absolute Gasteiger partial charge is 0.324 e. The van der Waals surface area contributed by atoms with E-state index in [1.54, 1.807) is 17.1 Å². The van der Waals surface area contributed by atoms with Gasteiger partial charge in [0, 0.05) is 6.54 Å². The number of nitrogens with one attached hydrogen (secondary N) is 2. The smallest absolute Gasteiger partial charge is 0.228 e. The molecule has 1 amide bonds. The van der Waals surface area contributed by atoms with Crippen LogP contribution in [0.5, 0.6) is 0 Å². The fraction of sp³-hybridized carbons (Fsp3) is 0.357. The second-order valence-electron chi connectivity index (χ2n) is 4.90. The minimum absolute atomic E-state index is 0.0348. The highest BCUT2D eigenvalue weighted by Crippen LogP contribution is 2.20. The molecular formula is C14H17N5O. The van der Waals surface area contributed by atoms with E-state index in [0.717, 1.165) is 37.3 Å². The molecule has 2 N–H and O–H groups in total. The number of piperidine rings is 1. The van der Waals surface area contributed by atoms with Crippen LogP contribution in [0.15, 0.2) is 36.7 Å². The lowest BCUT2D eigenvalue weighted by Crippen LogP contribution is -2.37. The highest BCUT2D eigenvalue weighted by Gasteiger charge is 2.21. The molecule has 6 nitrogen and oxygen atoms in total. The third kappa shape index (κ3) is 2.70. The Morgan fingerprint density at radius 1 is 1.40 bits per heavy atom. The summed E-state index contributed by atoms with van der Waals surface area (Å²) in [5.41, 5.74) is 1.58. The van der Waals surface area contributed by atoms with Crippen molar-refractivity contribution in [1.29, 1.82) is 0 Å². The van der Waals surface area contributed by atoms with Gasteiger partial charge in [-0.05, 0) is 31.5 Å². The number of anilines is 1. The van der Waals surface area contributed by atoms with Crippen molar-refractivity contribution in [3.05, 3.63) is 36.7 Å². The second kappa shape index (κ2) is 5.83. The topological polar surface area (TPSA) is 71.8 Å². The zero-order valence-corrected chi connectivity index (χ0v) is 11.1. The molecule has 1 aromatic carbocycles. The summed E-state index contributed by atoms with van der Waals surface area (Å²) in [5.74, 6) is 0.0947. The van der Waals surface area contributed by atoms with E-state index in [0.29, 0.717) is 0 Å². The molecule has 1 aromatic heterocycles. The first-order chi connectivity index (χ1) is 9.84. The highest BCUT2D eigenvalue weighted by molar-refractivity contribution is 5.94. The minimum atomic E-state index is 0.0348. The number of hydrogen-bond acceptors (Lipinski definition) is 4. The van der Waals surface area contributed by atoms with Crippen LogP contribution in [0.2, 0.25) is 0 Å². The molecule has 0 spiro atoms. The lowest BCUT2D eigenvalue weighted by molar-refractivity contribution is -0.120. The SMILES string of the molecule is O=C(Nc1ccccc1-n1ccnn1)[C@@H]1CCCNC1. The number of amides is 1. The van der Waals surface area contributed by atoms with Crippen LogP contribution < -0.4 is 10.6 Å². The van der Waals surface area contributed by atoms with Crippen LogP contribution in [-0.4, -0.2) is 34.0 Å². The molecule has 0 unspecified atom stereocenters. The van der Waals surface area contributed by atoms with Crippen molar-refractivity contribution in [2.24, 2.45) is 5.92 Å². The van der Waals surface area contributed by atoms with Gasteiger partial charge in [0.1, 0.15) is 0 Å². The lowest BCUT2D eigenvalue weighted by Gasteiger charge is -2.22. The van der Waals surface area contributed by atoms with Crippen molar-refractivity contribution in [1.82, 2.24) is 20.3 Å². The van der Waals surface area contributed by atoms with E-state index in [4.69, 9.17) is 0 Å². The maximum atomic E-state index is 12.3. The number of carbonyl (C=O) groups is 1. The molecule has 0 bridgehead atoms. The number of carbonyl (C=O) groups excluding carboxylic acids is 1. The van der Waals surface area contributed by atoms with Gasteiger partial charge in [0.25, 0.3) is 0 Å². The van der Waals surface area contributed by atoms with E-state index in [1.165, 1.54) is 0 Å². The molecule has 6 heteroatoms. The highest BCUT2D eigenvalue weighted by atomic mass is 16.1. The molecule has 0 aliphatic carbocycles. The Bertz CT molecular complexity index is 575. The van der Waals surface area contributed by atoms with Crippen molar-refractivity contribution in [2.45, 2.75) is 12.8 Å². The third-order valence-corrected chi connectivity index (χ3v) is 3.50. The van der Waals surface area contributed by atoms with Crippen LogP contribution in [0.4, 0.5) is 5.69 Å². The van der Waals surface area contributed by atoms with Gasteiger partial charge in [-0.3, -0.25) is 4.79 Å². The average Bonchev–Trinajstić information content (AvgIpc) is 3.03. The molecule has 0 radical (unpaired) electrons. The normalized spacial score (nSPS) is 18.7. The predicted molar refractivity (Wildman–Crippen MR) is 75.6 cm³/mol. The molecule has 2 aromatic rings. The summed E-state index contributed by atoms with van der Waals surface area (Å²) in [5, 5.41) is 14.0. The quantitative estimate of drug-likeness (QED) is 0.880. The Kier molecular flexibility index (Phi) is 3.73. The van der Waals surface area contributed by atoms with Crippen molar-refractivity contribution in [3.8, 4) is 5.69 Å². The van der Waals surface area contributed by atoms with E-state index in [9.17, 15) is 4.79 Å². The first kappa shape index (κ1) is 12.8. The van der Waals surface area contributed by atoms with Gasteiger partial charge in [0.15, 0.2) is 0 Å². The molecule has 3 rings (SSSR count). The molecule has 1 aliphatic heterocycles. The van der Waals surface area contributed by atoms with Gasteiger partial charge in [0.2, 0.25) is 5.91 Å². The zero-order valence-electron chi connectivity index (χ0n) is 11.1.